The zero-order valence-electron chi connectivity index (χ0n) is 18.6. The Labute approximate surface area is 176 Å². The van der Waals surface area contributed by atoms with Crippen LogP contribution in [0.1, 0.15) is 77.6 Å². The summed E-state index contributed by atoms with van der Waals surface area (Å²) in [6.07, 6.45) is 7.79. The van der Waals surface area contributed by atoms with Crippen molar-refractivity contribution in [1.29, 1.82) is 0 Å². The summed E-state index contributed by atoms with van der Waals surface area (Å²) in [7, 11) is 0. The van der Waals surface area contributed by atoms with Crippen LogP contribution < -0.4 is 4.74 Å². The van der Waals surface area contributed by atoms with Gasteiger partial charge in [-0.2, -0.15) is 0 Å². The second-order valence-electron chi connectivity index (χ2n) is 9.00. The number of hydrogen-bond acceptors (Lipinski definition) is 2. The number of unbranched alkanes of at least 4 members (excludes halogenated alkanes) is 5. The molecule has 0 N–H and O–H groups in total. The molecule has 0 atom stereocenters. The monoisotopic (exact) mass is 392 g/mol. The molecule has 3 aromatic rings. The summed E-state index contributed by atoms with van der Waals surface area (Å²) >= 11 is 0. The van der Waals surface area contributed by atoms with Crippen molar-refractivity contribution >= 4 is 11.0 Å². The summed E-state index contributed by atoms with van der Waals surface area (Å²) in [5.74, 6) is 1.91. The molecule has 0 saturated heterocycles. The van der Waals surface area contributed by atoms with E-state index in [1.54, 1.807) is 0 Å². The zero-order valence-corrected chi connectivity index (χ0v) is 18.6. The maximum absolute atomic E-state index is 6.11. The fourth-order valence-corrected chi connectivity index (χ4v) is 3.73. The van der Waals surface area contributed by atoms with E-state index in [1.165, 1.54) is 49.6 Å². The Balaban J connectivity index is 1.66. The van der Waals surface area contributed by atoms with Crippen LogP contribution in [-0.4, -0.2) is 9.55 Å². The molecule has 29 heavy (non-hydrogen) atoms. The standard InChI is InChI=1S/C26H36N2O/c1-5-6-7-8-9-12-19-28-24-14-11-10-13-23(24)27-25(28)20-29-22-17-15-21(16-18-22)26(2,3)4/h10-11,13-18H,5-9,12,19-20H2,1-4H3. The first-order valence-corrected chi connectivity index (χ1v) is 11.2. The molecule has 0 amide bonds. The number of aryl methyl sites for hydroxylation is 1. The van der Waals surface area contributed by atoms with Crippen molar-refractivity contribution in [3.05, 3.63) is 59.9 Å². The molecule has 2 aromatic carbocycles. The van der Waals surface area contributed by atoms with E-state index in [2.05, 4.69) is 80.8 Å². The third-order valence-corrected chi connectivity index (χ3v) is 5.56. The summed E-state index contributed by atoms with van der Waals surface area (Å²) < 4.78 is 8.45. The highest BCUT2D eigenvalue weighted by molar-refractivity contribution is 5.75. The van der Waals surface area contributed by atoms with Crippen molar-refractivity contribution in [3.8, 4) is 5.75 Å². The Hall–Kier alpha value is -2.29. The zero-order chi connectivity index (χ0) is 20.7. The van der Waals surface area contributed by atoms with Gasteiger partial charge in [0.15, 0.2) is 0 Å². The van der Waals surface area contributed by atoms with Gasteiger partial charge < -0.3 is 9.30 Å². The highest BCUT2D eigenvalue weighted by Crippen LogP contribution is 2.25. The fraction of sp³-hybridized carbons (Fsp3) is 0.500. The van der Waals surface area contributed by atoms with Gasteiger partial charge in [-0.3, -0.25) is 0 Å². The largest absolute Gasteiger partial charge is 0.486 e. The van der Waals surface area contributed by atoms with E-state index in [1.807, 2.05) is 0 Å². The molecule has 0 aliphatic rings. The second-order valence-corrected chi connectivity index (χ2v) is 9.00. The molecule has 0 aliphatic heterocycles. The van der Waals surface area contributed by atoms with Gasteiger partial charge in [0.2, 0.25) is 0 Å². The molecule has 0 radical (unpaired) electrons. The Kier molecular flexibility index (Phi) is 7.35. The van der Waals surface area contributed by atoms with E-state index < -0.39 is 0 Å². The Morgan fingerprint density at radius 1 is 0.862 bits per heavy atom. The highest BCUT2D eigenvalue weighted by Gasteiger charge is 2.14. The second kappa shape index (κ2) is 9.96. The third-order valence-electron chi connectivity index (χ3n) is 5.56. The van der Waals surface area contributed by atoms with Crippen molar-refractivity contribution in [2.45, 2.75) is 84.8 Å². The molecular weight excluding hydrogens is 356 g/mol. The number of aromatic nitrogens is 2. The molecular formula is C26H36N2O. The van der Waals surface area contributed by atoms with Gasteiger partial charge in [0.05, 0.1) is 11.0 Å². The lowest BCUT2D eigenvalue weighted by Gasteiger charge is -2.19. The minimum Gasteiger partial charge on any atom is -0.486 e. The van der Waals surface area contributed by atoms with Gasteiger partial charge in [-0.25, -0.2) is 4.98 Å². The first kappa shape index (κ1) is 21.4. The minimum absolute atomic E-state index is 0.156. The number of para-hydroxylation sites is 2. The number of rotatable bonds is 10. The van der Waals surface area contributed by atoms with Gasteiger partial charge in [-0.05, 0) is 41.7 Å². The van der Waals surface area contributed by atoms with Crippen LogP contribution in [0.15, 0.2) is 48.5 Å². The normalized spacial score (nSPS) is 11.9. The fourth-order valence-electron chi connectivity index (χ4n) is 3.73. The summed E-state index contributed by atoms with van der Waals surface area (Å²) in [6.45, 7) is 10.5. The summed E-state index contributed by atoms with van der Waals surface area (Å²) in [5.41, 5.74) is 3.74. The Morgan fingerprint density at radius 2 is 1.55 bits per heavy atom. The van der Waals surface area contributed by atoms with E-state index >= 15 is 0 Å². The SMILES string of the molecule is CCCCCCCCn1c(COc2ccc(C(C)(C)C)cc2)nc2ccccc21. The number of benzene rings is 2. The predicted octanol–water partition coefficient (Wildman–Crippen LogP) is 7.27. The molecule has 3 rings (SSSR count). The molecule has 0 spiro atoms. The average molecular weight is 393 g/mol. The van der Waals surface area contributed by atoms with E-state index in [-0.39, 0.29) is 5.41 Å². The number of fused-ring (bicyclic) bond motifs is 1. The lowest BCUT2D eigenvalue weighted by molar-refractivity contribution is 0.289. The molecule has 3 heteroatoms. The van der Waals surface area contributed by atoms with Gasteiger partial charge in [0.1, 0.15) is 18.2 Å². The van der Waals surface area contributed by atoms with Crippen LogP contribution in [0.25, 0.3) is 11.0 Å². The van der Waals surface area contributed by atoms with Crippen molar-refractivity contribution in [2.75, 3.05) is 0 Å². The quantitative estimate of drug-likeness (QED) is 0.339. The smallest absolute Gasteiger partial charge is 0.147 e. The number of hydrogen-bond donors (Lipinski definition) is 0. The van der Waals surface area contributed by atoms with Crippen molar-refractivity contribution in [1.82, 2.24) is 9.55 Å². The maximum Gasteiger partial charge on any atom is 0.147 e. The molecule has 0 fully saturated rings. The number of ether oxygens (including phenoxy) is 1. The molecule has 0 aliphatic carbocycles. The Morgan fingerprint density at radius 3 is 2.28 bits per heavy atom. The highest BCUT2D eigenvalue weighted by atomic mass is 16.5. The van der Waals surface area contributed by atoms with Crippen LogP contribution in [0.4, 0.5) is 0 Å². The molecule has 1 aromatic heterocycles. The van der Waals surface area contributed by atoms with Gasteiger partial charge in [0, 0.05) is 6.54 Å². The molecule has 0 bridgehead atoms. The number of nitrogens with zero attached hydrogens (tertiary/aromatic N) is 2. The third kappa shape index (κ3) is 5.85. The minimum atomic E-state index is 0.156. The molecule has 1 heterocycles. The van der Waals surface area contributed by atoms with E-state index in [9.17, 15) is 0 Å². The van der Waals surface area contributed by atoms with Crippen molar-refractivity contribution in [2.24, 2.45) is 0 Å². The van der Waals surface area contributed by atoms with E-state index in [0.717, 1.165) is 23.6 Å². The summed E-state index contributed by atoms with van der Waals surface area (Å²) in [6, 6.07) is 16.9. The van der Waals surface area contributed by atoms with Crippen LogP contribution in [0.3, 0.4) is 0 Å². The van der Waals surface area contributed by atoms with Crippen LogP contribution in [0.5, 0.6) is 5.75 Å². The first-order chi connectivity index (χ1) is 14.0. The van der Waals surface area contributed by atoms with E-state index in [4.69, 9.17) is 9.72 Å². The lowest BCUT2D eigenvalue weighted by Crippen LogP contribution is -2.11. The predicted molar refractivity (Wildman–Crippen MR) is 123 cm³/mol. The van der Waals surface area contributed by atoms with Crippen LogP contribution in [0.2, 0.25) is 0 Å². The molecule has 156 valence electrons. The maximum atomic E-state index is 6.11. The molecule has 3 nitrogen and oxygen atoms in total. The Bertz CT molecular complexity index is 887. The van der Waals surface area contributed by atoms with Crippen LogP contribution in [0, 0.1) is 0 Å². The van der Waals surface area contributed by atoms with E-state index in [0.29, 0.717) is 6.61 Å². The topological polar surface area (TPSA) is 27.1 Å². The average Bonchev–Trinajstić information content (AvgIpc) is 3.06. The van der Waals surface area contributed by atoms with Crippen molar-refractivity contribution < 1.29 is 4.74 Å². The molecule has 0 unspecified atom stereocenters. The number of imidazole rings is 1. The van der Waals surface area contributed by atoms with Crippen LogP contribution in [-0.2, 0) is 18.6 Å². The van der Waals surface area contributed by atoms with Gasteiger partial charge in [0.25, 0.3) is 0 Å². The van der Waals surface area contributed by atoms with Gasteiger partial charge >= 0.3 is 0 Å². The van der Waals surface area contributed by atoms with Crippen molar-refractivity contribution in [3.63, 3.8) is 0 Å². The lowest BCUT2D eigenvalue weighted by atomic mass is 9.87. The molecule has 0 saturated carbocycles. The summed E-state index contributed by atoms with van der Waals surface area (Å²) in [4.78, 5) is 4.85. The summed E-state index contributed by atoms with van der Waals surface area (Å²) in [5, 5.41) is 0. The van der Waals surface area contributed by atoms with Crippen LogP contribution >= 0.6 is 0 Å². The van der Waals surface area contributed by atoms with Gasteiger partial charge in [-0.1, -0.05) is 84.1 Å². The van der Waals surface area contributed by atoms with Gasteiger partial charge in [-0.15, -0.1) is 0 Å². The first-order valence-electron chi connectivity index (χ1n) is 11.2.